The van der Waals surface area contributed by atoms with E-state index in [-0.39, 0.29) is 85.8 Å². The summed E-state index contributed by atoms with van der Waals surface area (Å²) in [5.41, 5.74) is -0.814. The number of hydrogen-bond donors (Lipinski definition) is 4. The molecule has 71 heavy (non-hydrogen) atoms. The molecule has 3 aliphatic heterocycles. The van der Waals surface area contributed by atoms with Crippen LogP contribution in [0.15, 0.2) is 47.6 Å². The van der Waals surface area contributed by atoms with Gasteiger partial charge < -0.3 is 49.0 Å². The molecule has 12 atom stereocenters. The van der Waals surface area contributed by atoms with Crippen molar-refractivity contribution in [2.24, 2.45) is 41.4 Å². The number of allylic oxidation sites excluding steroid dienone is 6. The largest absolute Gasteiger partial charge is 0.480 e. The number of carbonyl (C=O) groups excluding carboxylic acids is 3. The zero-order valence-corrected chi connectivity index (χ0v) is 44.9. The van der Waals surface area contributed by atoms with Crippen molar-refractivity contribution < 1.29 is 63.3 Å². The molecule has 14 nitrogen and oxygen atoms in total. The first-order valence-electron chi connectivity index (χ1n) is 27.1. The number of hydrogen-bond acceptors (Lipinski definition) is 12. The average Bonchev–Trinajstić information content (AvgIpc) is 3.32. The maximum absolute atomic E-state index is 14.9. The third-order valence-corrected chi connectivity index (χ3v) is 16.1. The molecule has 14 heteroatoms. The molecule has 0 radical (unpaired) electrons. The van der Waals surface area contributed by atoms with Crippen LogP contribution in [0, 0.1) is 41.4 Å². The molecule has 2 bridgehead atoms. The van der Waals surface area contributed by atoms with Crippen molar-refractivity contribution in [1.82, 2.24) is 4.90 Å². The van der Waals surface area contributed by atoms with Crippen LogP contribution in [0.2, 0.25) is 0 Å². The average molecular weight is 1000 g/mol. The van der Waals surface area contributed by atoms with Crippen LogP contribution in [0.1, 0.15) is 158 Å². The SMILES string of the molecule is CCCC1(O)C(=O)N2CCCC([C@H](C[C@@H]3CCC[C@H](OC)C3)CCC(=O)[C@H](C)C=C(C)C[C@@H](OC)C(=O)[C@H](C)C[C@H](C)C=CC=CC=C(C)C(OCCOC3COC3)CCCC[C@@H](C)C1(O)O)[C@H]2C(=O)O. The molecule has 0 aromatic heterocycles. The first-order chi connectivity index (χ1) is 33.8. The molecule has 1 saturated carbocycles. The smallest absolute Gasteiger partial charge is 0.326 e. The summed E-state index contributed by atoms with van der Waals surface area (Å²) < 4.78 is 29.0. The number of amides is 1. The lowest BCUT2D eigenvalue weighted by Crippen LogP contribution is -2.69. The molecule has 404 valence electrons. The maximum Gasteiger partial charge on any atom is 0.326 e. The predicted octanol–water partition coefficient (Wildman–Crippen LogP) is 8.74. The summed E-state index contributed by atoms with van der Waals surface area (Å²) in [4.78, 5) is 57.4. The number of nitrogens with zero attached hydrogens (tertiary/aromatic N) is 1. The Morgan fingerprint density at radius 2 is 1.54 bits per heavy atom. The van der Waals surface area contributed by atoms with Gasteiger partial charge in [0.1, 0.15) is 24.0 Å². The number of fused-ring (bicyclic) bond motifs is 2. The Labute approximate surface area is 426 Å². The van der Waals surface area contributed by atoms with Crippen molar-refractivity contribution in [1.29, 1.82) is 0 Å². The number of carboxylic acids is 1. The number of aliphatic carboxylic acids is 1. The van der Waals surface area contributed by atoms with Gasteiger partial charge in [-0.15, -0.1) is 0 Å². The lowest BCUT2D eigenvalue weighted by molar-refractivity contribution is -0.296. The van der Waals surface area contributed by atoms with Crippen LogP contribution in [0.25, 0.3) is 0 Å². The van der Waals surface area contributed by atoms with E-state index < -0.39 is 53.2 Å². The molecule has 3 fully saturated rings. The van der Waals surface area contributed by atoms with E-state index in [1.54, 1.807) is 28.1 Å². The van der Waals surface area contributed by atoms with Gasteiger partial charge in [-0.1, -0.05) is 109 Å². The minimum atomic E-state index is -2.88. The Balaban J connectivity index is 1.68. The van der Waals surface area contributed by atoms with Crippen molar-refractivity contribution in [3.8, 4) is 0 Å². The Bertz CT molecular complexity index is 1800. The van der Waals surface area contributed by atoms with Crippen molar-refractivity contribution >= 4 is 23.4 Å². The molecular weight excluding hydrogens is 907 g/mol. The van der Waals surface area contributed by atoms with E-state index >= 15 is 0 Å². The summed E-state index contributed by atoms with van der Waals surface area (Å²) in [5, 5.41) is 47.5. The van der Waals surface area contributed by atoms with Gasteiger partial charge >= 0.3 is 5.97 Å². The number of ether oxygens (including phenoxy) is 5. The van der Waals surface area contributed by atoms with Gasteiger partial charge in [0.2, 0.25) is 5.79 Å². The van der Waals surface area contributed by atoms with Gasteiger partial charge in [0, 0.05) is 51.4 Å². The van der Waals surface area contributed by atoms with Gasteiger partial charge in [0.15, 0.2) is 11.4 Å². The predicted molar refractivity (Wildman–Crippen MR) is 274 cm³/mol. The van der Waals surface area contributed by atoms with E-state index in [1.165, 1.54) is 4.90 Å². The number of carbonyl (C=O) groups is 4. The van der Waals surface area contributed by atoms with Crippen LogP contribution in [-0.2, 0) is 42.9 Å². The highest BCUT2D eigenvalue weighted by Gasteiger charge is 2.59. The van der Waals surface area contributed by atoms with Gasteiger partial charge in [-0.05, 0) is 107 Å². The van der Waals surface area contributed by atoms with Crippen LogP contribution in [0.5, 0.6) is 0 Å². The van der Waals surface area contributed by atoms with Crippen molar-refractivity contribution in [2.75, 3.05) is 47.2 Å². The third kappa shape index (κ3) is 17.5. The molecule has 4 aliphatic rings. The molecule has 0 aromatic carbocycles. The number of ketones is 2. The van der Waals surface area contributed by atoms with E-state index in [9.17, 15) is 39.6 Å². The van der Waals surface area contributed by atoms with Crippen LogP contribution >= 0.6 is 0 Å². The van der Waals surface area contributed by atoms with Gasteiger partial charge in [-0.2, -0.15) is 0 Å². The fourth-order valence-corrected chi connectivity index (χ4v) is 11.7. The number of methoxy groups -OCH3 is 2. The molecule has 3 unspecified atom stereocenters. The molecule has 0 aromatic rings. The second-order valence-corrected chi connectivity index (χ2v) is 21.8. The number of aliphatic hydroxyl groups is 3. The topological polar surface area (TPSA) is 199 Å². The van der Waals surface area contributed by atoms with Gasteiger partial charge in [0.05, 0.1) is 38.6 Å². The van der Waals surface area contributed by atoms with E-state index in [4.69, 9.17) is 23.7 Å². The molecule has 2 saturated heterocycles. The summed E-state index contributed by atoms with van der Waals surface area (Å²) in [6.45, 7) is 15.1. The highest BCUT2D eigenvalue weighted by molar-refractivity contribution is 5.90. The minimum absolute atomic E-state index is 0.00264. The maximum atomic E-state index is 14.9. The van der Waals surface area contributed by atoms with E-state index in [0.29, 0.717) is 84.2 Å². The molecular formula is C57H93NO13. The number of rotatable bonds is 12. The fourth-order valence-electron chi connectivity index (χ4n) is 11.7. The summed E-state index contributed by atoms with van der Waals surface area (Å²) >= 11 is 0. The second kappa shape index (κ2) is 29.7. The first kappa shape index (κ1) is 60.5. The van der Waals surface area contributed by atoms with Gasteiger partial charge in [-0.25, -0.2) is 4.79 Å². The monoisotopic (exact) mass is 1000 g/mol. The van der Waals surface area contributed by atoms with E-state index in [1.807, 2.05) is 58.1 Å². The molecule has 0 spiro atoms. The zero-order valence-electron chi connectivity index (χ0n) is 44.9. The standard InChI is InChI=1S/C57H93NO13/c1-10-27-56(64)55(63)58-28-17-23-48(52(58)54(61)62)45(34-44-21-16-22-46(35-44)67-8)25-26-49(59)41(5)32-39(3)33-51(68-9)53(60)42(6)31-38(2)18-12-11-13-19-40(4)50(71-30-29-70-47-36-69-37-47)24-15-14-20-43(7)57(56,65)66/h11-13,18-19,32,38,41-48,50-52,64-66H,10,14-17,20-31,33-37H2,1-9H3,(H,61,62)/t38-,41-,42-,43-,44+,45+,46+,48?,50?,51-,52+,56?/m1/s1. The van der Waals surface area contributed by atoms with Crippen molar-refractivity contribution in [2.45, 2.75) is 199 Å². The lowest BCUT2D eigenvalue weighted by Gasteiger charge is -2.49. The van der Waals surface area contributed by atoms with Crippen LogP contribution in [0.4, 0.5) is 0 Å². The second-order valence-electron chi connectivity index (χ2n) is 21.8. The van der Waals surface area contributed by atoms with E-state index in [0.717, 1.165) is 36.8 Å². The van der Waals surface area contributed by atoms with Crippen molar-refractivity contribution in [3.63, 3.8) is 0 Å². The fraction of sp³-hybridized carbons (Fsp3) is 0.789. The minimum Gasteiger partial charge on any atom is -0.480 e. The van der Waals surface area contributed by atoms with Gasteiger partial charge in [-0.3, -0.25) is 14.4 Å². The normalized spacial score (nSPS) is 34.5. The number of piperidine rings is 1. The zero-order chi connectivity index (χ0) is 52.3. The lowest BCUT2D eigenvalue weighted by atomic mass is 9.70. The number of carboxylic acid groups (broad SMARTS) is 1. The summed E-state index contributed by atoms with van der Waals surface area (Å²) in [5.74, 6) is -7.21. The Morgan fingerprint density at radius 3 is 2.20 bits per heavy atom. The van der Waals surface area contributed by atoms with Crippen LogP contribution < -0.4 is 0 Å². The molecule has 4 N–H and O–H groups in total. The van der Waals surface area contributed by atoms with Gasteiger partial charge in [0.25, 0.3) is 5.91 Å². The van der Waals surface area contributed by atoms with Crippen LogP contribution in [0.3, 0.4) is 0 Å². The van der Waals surface area contributed by atoms with Crippen LogP contribution in [-0.4, -0.2) is 138 Å². The quantitative estimate of drug-likeness (QED) is 0.0823. The third-order valence-electron chi connectivity index (χ3n) is 16.1. The molecule has 3 heterocycles. The summed E-state index contributed by atoms with van der Waals surface area (Å²) in [6, 6.07) is -1.35. The van der Waals surface area contributed by atoms with Crippen molar-refractivity contribution in [3.05, 3.63) is 47.6 Å². The summed E-state index contributed by atoms with van der Waals surface area (Å²) in [7, 11) is 3.26. The van der Waals surface area contributed by atoms with E-state index in [2.05, 4.69) is 13.0 Å². The highest BCUT2D eigenvalue weighted by atomic mass is 16.6. The Morgan fingerprint density at radius 1 is 0.817 bits per heavy atom. The Hall–Kier alpha value is -3.08. The molecule has 1 amide bonds. The first-order valence-corrected chi connectivity index (χ1v) is 27.1. The highest BCUT2D eigenvalue weighted by Crippen LogP contribution is 2.43. The molecule has 4 rings (SSSR count). The number of Topliss-reactive ketones (excluding diaryl/α,β-unsaturated/α-hetero) is 2. The Kier molecular flexibility index (Phi) is 25.3. The molecule has 1 aliphatic carbocycles. The summed E-state index contributed by atoms with van der Waals surface area (Å²) in [6.07, 6.45) is 20.1.